The highest BCUT2D eigenvalue weighted by molar-refractivity contribution is 5.79. The number of likely N-dealkylation sites (tertiary alicyclic amines) is 1. The van der Waals surface area contributed by atoms with Gasteiger partial charge in [-0.1, -0.05) is 30.3 Å². The number of carbonyl (C=O) groups is 1. The predicted octanol–water partition coefficient (Wildman–Crippen LogP) is 2.76. The molecule has 0 unspecified atom stereocenters. The number of halogens is 1. The maximum absolute atomic E-state index is 13.4. The Morgan fingerprint density at radius 2 is 1.96 bits per heavy atom. The van der Waals surface area contributed by atoms with Crippen LogP contribution in [0.2, 0.25) is 0 Å². The summed E-state index contributed by atoms with van der Waals surface area (Å²) in [5, 5.41) is 12.3. The van der Waals surface area contributed by atoms with Gasteiger partial charge in [-0.15, -0.1) is 0 Å². The van der Waals surface area contributed by atoms with E-state index in [1.165, 1.54) is 10.5 Å². The van der Waals surface area contributed by atoms with Gasteiger partial charge < -0.3 is 10.2 Å². The minimum atomic E-state index is -1.07. The van der Waals surface area contributed by atoms with E-state index in [0.29, 0.717) is 12.0 Å². The largest absolute Gasteiger partial charge is 0.323 e. The van der Waals surface area contributed by atoms with Gasteiger partial charge in [-0.05, 0) is 37.2 Å². The molecule has 1 aliphatic carbocycles. The van der Waals surface area contributed by atoms with Gasteiger partial charge in [0.15, 0.2) is 0 Å². The van der Waals surface area contributed by atoms with Gasteiger partial charge in [0, 0.05) is 12.5 Å². The number of hydrogen-bond acceptors (Lipinski definition) is 3. The van der Waals surface area contributed by atoms with Gasteiger partial charge in [0.25, 0.3) is 0 Å². The molecule has 1 aromatic carbocycles. The summed E-state index contributed by atoms with van der Waals surface area (Å²) in [5.41, 5.74) is 1.40. The molecule has 128 valence electrons. The lowest BCUT2D eigenvalue weighted by molar-refractivity contribution is -0.130. The standard InChI is InChI=1S/C19H24FN3O/c20-16-10-18(11-21)23(13-16)19(24)12-22-17-8-6-15(7-9-17)14-4-2-1-3-5-14/h1-5,15-18,22H,6-10,12-13H2/t15?,16-,17?,18-/m0/s1. The van der Waals surface area contributed by atoms with Crippen LogP contribution in [0.4, 0.5) is 4.39 Å². The number of amides is 1. The second-order valence-electron chi connectivity index (χ2n) is 6.86. The van der Waals surface area contributed by atoms with Crippen LogP contribution < -0.4 is 5.32 Å². The highest BCUT2D eigenvalue weighted by Crippen LogP contribution is 2.32. The van der Waals surface area contributed by atoms with E-state index >= 15 is 0 Å². The van der Waals surface area contributed by atoms with Gasteiger partial charge >= 0.3 is 0 Å². The lowest BCUT2D eigenvalue weighted by atomic mass is 9.82. The fraction of sp³-hybridized carbons (Fsp3) is 0.579. The normalized spacial score (nSPS) is 30.1. The van der Waals surface area contributed by atoms with Crippen molar-refractivity contribution in [2.45, 2.75) is 56.3 Å². The zero-order valence-corrected chi connectivity index (χ0v) is 13.8. The number of carbonyl (C=O) groups excluding carboxylic acids is 1. The smallest absolute Gasteiger partial charge is 0.237 e. The average molecular weight is 329 g/mol. The lowest BCUT2D eigenvalue weighted by Gasteiger charge is -2.30. The molecule has 0 bridgehead atoms. The first kappa shape index (κ1) is 16.9. The molecule has 1 aromatic rings. The Bertz CT molecular complexity index is 592. The van der Waals surface area contributed by atoms with E-state index in [1.807, 2.05) is 12.1 Å². The molecule has 1 N–H and O–H groups in total. The molecule has 2 aliphatic rings. The van der Waals surface area contributed by atoms with Crippen LogP contribution in [0.15, 0.2) is 30.3 Å². The van der Waals surface area contributed by atoms with E-state index in [-0.39, 0.29) is 25.4 Å². The number of nitrogens with zero attached hydrogens (tertiary/aromatic N) is 2. The SMILES string of the molecule is N#C[C@@H]1C[C@H](F)CN1C(=O)CNC1CCC(c2ccccc2)CC1. The van der Waals surface area contributed by atoms with Crippen molar-refractivity contribution in [2.24, 2.45) is 0 Å². The molecule has 1 saturated heterocycles. The Kier molecular flexibility index (Phi) is 5.47. The van der Waals surface area contributed by atoms with E-state index in [0.717, 1.165) is 25.7 Å². The molecule has 1 heterocycles. The van der Waals surface area contributed by atoms with Gasteiger partial charge in [-0.25, -0.2) is 4.39 Å². The monoisotopic (exact) mass is 329 g/mol. The summed E-state index contributed by atoms with van der Waals surface area (Å²) in [5.74, 6) is 0.445. The third kappa shape index (κ3) is 3.93. The van der Waals surface area contributed by atoms with E-state index < -0.39 is 12.2 Å². The molecular formula is C19H24FN3O. The van der Waals surface area contributed by atoms with E-state index in [4.69, 9.17) is 5.26 Å². The summed E-state index contributed by atoms with van der Waals surface area (Å²) in [7, 11) is 0. The first-order valence-corrected chi connectivity index (χ1v) is 8.79. The van der Waals surface area contributed by atoms with Gasteiger partial charge in [-0.2, -0.15) is 5.26 Å². The molecule has 2 fully saturated rings. The van der Waals surface area contributed by atoms with E-state index in [2.05, 4.69) is 29.6 Å². The number of benzene rings is 1. The Hall–Kier alpha value is -1.93. The number of hydrogen-bond donors (Lipinski definition) is 1. The molecule has 24 heavy (non-hydrogen) atoms. The van der Waals surface area contributed by atoms with Crippen LogP contribution in [0.25, 0.3) is 0 Å². The minimum absolute atomic E-state index is 0.0550. The molecule has 1 saturated carbocycles. The molecule has 0 aromatic heterocycles. The third-order valence-corrected chi connectivity index (χ3v) is 5.26. The highest BCUT2D eigenvalue weighted by Gasteiger charge is 2.35. The van der Waals surface area contributed by atoms with Crippen LogP contribution in [0.1, 0.15) is 43.6 Å². The number of nitriles is 1. The number of nitrogens with one attached hydrogen (secondary N) is 1. The van der Waals surface area contributed by atoms with Crippen molar-refractivity contribution in [1.82, 2.24) is 10.2 Å². The molecule has 2 atom stereocenters. The average Bonchev–Trinajstić information content (AvgIpc) is 3.02. The second-order valence-corrected chi connectivity index (χ2v) is 6.86. The molecule has 3 rings (SSSR count). The van der Waals surface area contributed by atoms with Crippen molar-refractivity contribution in [1.29, 1.82) is 5.26 Å². The van der Waals surface area contributed by atoms with Crippen LogP contribution in [-0.2, 0) is 4.79 Å². The summed E-state index contributed by atoms with van der Waals surface area (Å²) in [6.45, 7) is 0.255. The first-order valence-electron chi connectivity index (χ1n) is 8.79. The van der Waals surface area contributed by atoms with E-state index in [1.54, 1.807) is 0 Å². The number of rotatable bonds is 4. The fourth-order valence-corrected chi connectivity index (χ4v) is 3.87. The molecule has 4 nitrogen and oxygen atoms in total. The summed E-state index contributed by atoms with van der Waals surface area (Å²) in [6, 6.07) is 12.3. The lowest BCUT2D eigenvalue weighted by Crippen LogP contribution is -2.44. The van der Waals surface area contributed by atoms with Crippen LogP contribution >= 0.6 is 0 Å². The zero-order chi connectivity index (χ0) is 16.9. The van der Waals surface area contributed by atoms with Gasteiger partial charge in [-0.3, -0.25) is 4.79 Å². The molecule has 1 aliphatic heterocycles. The maximum atomic E-state index is 13.4. The third-order valence-electron chi connectivity index (χ3n) is 5.26. The van der Waals surface area contributed by atoms with Crippen molar-refractivity contribution in [2.75, 3.05) is 13.1 Å². The quantitative estimate of drug-likeness (QED) is 0.924. The van der Waals surface area contributed by atoms with Crippen LogP contribution in [-0.4, -0.2) is 42.2 Å². The Labute approximate surface area is 142 Å². The van der Waals surface area contributed by atoms with Crippen molar-refractivity contribution in [3.05, 3.63) is 35.9 Å². The first-order chi connectivity index (χ1) is 11.7. The van der Waals surface area contributed by atoms with Crippen LogP contribution in [0.3, 0.4) is 0 Å². The van der Waals surface area contributed by atoms with Crippen molar-refractivity contribution in [3.63, 3.8) is 0 Å². The zero-order valence-electron chi connectivity index (χ0n) is 13.8. The predicted molar refractivity (Wildman–Crippen MR) is 90.1 cm³/mol. The molecule has 0 radical (unpaired) electrons. The molecule has 5 heteroatoms. The minimum Gasteiger partial charge on any atom is -0.323 e. The van der Waals surface area contributed by atoms with Crippen molar-refractivity contribution in [3.8, 4) is 6.07 Å². The van der Waals surface area contributed by atoms with Gasteiger partial charge in [0.2, 0.25) is 5.91 Å². The Morgan fingerprint density at radius 1 is 1.25 bits per heavy atom. The summed E-state index contributed by atoms with van der Waals surface area (Å²) < 4.78 is 13.4. The van der Waals surface area contributed by atoms with Crippen LogP contribution in [0, 0.1) is 11.3 Å². The summed E-state index contributed by atoms with van der Waals surface area (Å²) in [6.07, 6.45) is 3.39. The topological polar surface area (TPSA) is 56.1 Å². The van der Waals surface area contributed by atoms with Crippen molar-refractivity contribution < 1.29 is 9.18 Å². The number of alkyl halides is 1. The highest BCUT2D eigenvalue weighted by atomic mass is 19.1. The molecule has 1 amide bonds. The van der Waals surface area contributed by atoms with E-state index in [9.17, 15) is 9.18 Å². The van der Waals surface area contributed by atoms with Crippen LogP contribution in [0.5, 0.6) is 0 Å². The van der Waals surface area contributed by atoms with Crippen molar-refractivity contribution >= 4 is 5.91 Å². The van der Waals surface area contributed by atoms with Gasteiger partial charge in [0.05, 0.1) is 19.2 Å². The second kappa shape index (κ2) is 7.76. The summed E-state index contributed by atoms with van der Waals surface area (Å²) in [4.78, 5) is 13.6. The summed E-state index contributed by atoms with van der Waals surface area (Å²) >= 11 is 0. The maximum Gasteiger partial charge on any atom is 0.237 e. The molecule has 0 spiro atoms. The molecular weight excluding hydrogens is 305 g/mol. The fourth-order valence-electron chi connectivity index (χ4n) is 3.87. The Balaban J connectivity index is 1.44. The Morgan fingerprint density at radius 3 is 2.62 bits per heavy atom. The van der Waals surface area contributed by atoms with Gasteiger partial charge in [0.1, 0.15) is 12.2 Å².